The van der Waals surface area contributed by atoms with Gasteiger partial charge in [0.05, 0.1) is 23.9 Å². The van der Waals surface area contributed by atoms with Gasteiger partial charge in [-0.05, 0) is 18.2 Å². The van der Waals surface area contributed by atoms with Crippen LogP contribution in [0.5, 0.6) is 0 Å². The van der Waals surface area contributed by atoms with Crippen LogP contribution in [0.3, 0.4) is 0 Å². The Hall–Kier alpha value is -2.63. The maximum atomic E-state index is 5.92. The summed E-state index contributed by atoms with van der Waals surface area (Å²) < 4.78 is 3.88. The van der Waals surface area contributed by atoms with Crippen LogP contribution in [0.15, 0.2) is 43.1 Å². The summed E-state index contributed by atoms with van der Waals surface area (Å²) in [5.41, 5.74) is 8.87. The number of imidazole rings is 1. The van der Waals surface area contributed by atoms with Gasteiger partial charge in [-0.2, -0.15) is 5.10 Å². The molecule has 0 aliphatic heterocycles. The lowest BCUT2D eigenvalue weighted by Crippen LogP contribution is -2.04. The fourth-order valence-electron chi connectivity index (χ4n) is 2.19. The van der Waals surface area contributed by atoms with Crippen LogP contribution in [0.25, 0.3) is 11.3 Å². The summed E-state index contributed by atoms with van der Waals surface area (Å²) in [5, 5.41) is 4.38. The maximum Gasteiger partial charge on any atom is 0.132 e. The van der Waals surface area contributed by atoms with Crippen molar-refractivity contribution in [2.24, 2.45) is 7.05 Å². The number of anilines is 1. The van der Waals surface area contributed by atoms with E-state index < -0.39 is 0 Å². The number of hydrogen-bond acceptors (Lipinski definition) is 4. The Kier molecular flexibility index (Phi) is 3.20. The van der Waals surface area contributed by atoms with Gasteiger partial charge in [-0.3, -0.25) is 4.68 Å². The zero-order chi connectivity index (χ0) is 13.9. The van der Waals surface area contributed by atoms with E-state index in [1.807, 2.05) is 48.6 Å². The molecule has 3 rings (SSSR count). The smallest absolute Gasteiger partial charge is 0.132 e. The molecule has 0 atom stereocenters. The number of rotatable bonds is 4. The first-order valence-corrected chi connectivity index (χ1v) is 6.43. The quantitative estimate of drug-likeness (QED) is 0.778. The SMILES string of the molecule is Cn1ccc(CCn2cncc2-c2cccnc2N)n1. The summed E-state index contributed by atoms with van der Waals surface area (Å²) in [5.74, 6) is 0.520. The lowest BCUT2D eigenvalue weighted by Gasteiger charge is -2.08. The molecular formula is C14H16N6. The van der Waals surface area contributed by atoms with Crippen LogP contribution in [0.1, 0.15) is 5.69 Å². The molecule has 0 aliphatic carbocycles. The van der Waals surface area contributed by atoms with Crippen LogP contribution in [0, 0.1) is 0 Å². The van der Waals surface area contributed by atoms with E-state index in [2.05, 4.69) is 19.6 Å². The summed E-state index contributed by atoms with van der Waals surface area (Å²) >= 11 is 0. The Labute approximate surface area is 116 Å². The molecule has 0 spiro atoms. The number of nitrogens with zero attached hydrogens (tertiary/aromatic N) is 5. The summed E-state index contributed by atoms with van der Waals surface area (Å²) in [7, 11) is 1.92. The molecule has 0 fully saturated rings. The second kappa shape index (κ2) is 5.16. The van der Waals surface area contributed by atoms with E-state index in [1.165, 1.54) is 0 Å². The average molecular weight is 268 g/mol. The highest BCUT2D eigenvalue weighted by atomic mass is 15.2. The number of aromatic nitrogens is 5. The van der Waals surface area contributed by atoms with Gasteiger partial charge >= 0.3 is 0 Å². The Morgan fingerprint density at radius 2 is 2.20 bits per heavy atom. The summed E-state index contributed by atoms with van der Waals surface area (Å²) in [6.07, 6.45) is 8.11. The van der Waals surface area contributed by atoms with E-state index >= 15 is 0 Å². The molecule has 0 saturated carbocycles. The normalized spacial score (nSPS) is 10.8. The molecule has 3 aromatic heterocycles. The summed E-state index contributed by atoms with van der Waals surface area (Å²) in [6, 6.07) is 5.85. The topological polar surface area (TPSA) is 74.5 Å². The van der Waals surface area contributed by atoms with Crippen molar-refractivity contribution in [1.82, 2.24) is 24.3 Å². The molecule has 0 unspecified atom stereocenters. The van der Waals surface area contributed by atoms with Gasteiger partial charge in [0.15, 0.2) is 0 Å². The van der Waals surface area contributed by atoms with E-state index in [-0.39, 0.29) is 0 Å². The van der Waals surface area contributed by atoms with Crippen LogP contribution in [-0.2, 0) is 20.0 Å². The van der Waals surface area contributed by atoms with Gasteiger partial charge < -0.3 is 10.3 Å². The fourth-order valence-corrected chi connectivity index (χ4v) is 2.19. The van der Waals surface area contributed by atoms with Crippen molar-refractivity contribution in [3.05, 3.63) is 48.8 Å². The highest BCUT2D eigenvalue weighted by Gasteiger charge is 2.09. The van der Waals surface area contributed by atoms with Crippen LogP contribution < -0.4 is 5.73 Å². The highest BCUT2D eigenvalue weighted by Crippen LogP contribution is 2.23. The molecule has 3 heterocycles. The molecule has 102 valence electrons. The minimum absolute atomic E-state index is 0.520. The minimum atomic E-state index is 0.520. The van der Waals surface area contributed by atoms with Crippen molar-refractivity contribution in [2.75, 3.05) is 5.73 Å². The molecule has 0 saturated heterocycles. The second-order valence-corrected chi connectivity index (χ2v) is 4.64. The number of nitrogens with two attached hydrogens (primary N) is 1. The minimum Gasteiger partial charge on any atom is -0.383 e. The predicted molar refractivity (Wildman–Crippen MR) is 76.8 cm³/mol. The Morgan fingerprint density at radius 1 is 1.30 bits per heavy atom. The van der Waals surface area contributed by atoms with E-state index in [9.17, 15) is 0 Å². The van der Waals surface area contributed by atoms with Crippen molar-refractivity contribution >= 4 is 5.82 Å². The maximum absolute atomic E-state index is 5.92. The average Bonchev–Trinajstić information content (AvgIpc) is 3.06. The predicted octanol–water partition coefficient (Wildman–Crippen LogP) is 1.50. The lowest BCUT2D eigenvalue weighted by molar-refractivity contribution is 0.668. The highest BCUT2D eigenvalue weighted by molar-refractivity contribution is 5.70. The van der Waals surface area contributed by atoms with Crippen molar-refractivity contribution < 1.29 is 0 Å². The molecule has 6 heteroatoms. The van der Waals surface area contributed by atoms with Crippen LogP contribution in [0.2, 0.25) is 0 Å². The zero-order valence-electron chi connectivity index (χ0n) is 11.3. The first kappa shape index (κ1) is 12.4. The van der Waals surface area contributed by atoms with Gasteiger partial charge in [-0.25, -0.2) is 9.97 Å². The van der Waals surface area contributed by atoms with Crippen molar-refractivity contribution in [2.45, 2.75) is 13.0 Å². The molecule has 3 aromatic rings. The number of nitrogen functional groups attached to an aromatic ring is 1. The second-order valence-electron chi connectivity index (χ2n) is 4.64. The van der Waals surface area contributed by atoms with Gasteiger partial charge in [0.25, 0.3) is 0 Å². The molecule has 0 aliphatic rings. The third-order valence-corrected chi connectivity index (χ3v) is 3.20. The molecule has 0 aromatic carbocycles. The number of pyridine rings is 1. The molecule has 0 amide bonds. The van der Waals surface area contributed by atoms with Gasteiger partial charge in [0.2, 0.25) is 0 Å². The molecular weight excluding hydrogens is 252 g/mol. The first-order valence-electron chi connectivity index (χ1n) is 6.43. The van der Waals surface area contributed by atoms with Gasteiger partial charge in [-0.15, -0.1) is 0 Å². The summed E-state index contributed by atoms with van der Waals surface area (Å²) in [6.45, 7) is 0.806. The molecule has 6 nitrogen and oxygen atoms in total. The molecule has 0 radical (unpaired) electrons. The third-order valence-electron chi connectivity index (χ3n) is 3.20. The standard InChI is InChI=1S/C14H16N6/c1-19-7-4-11(18-19)5-8-20-10-16-9-13(20)12-3-2-6-17-14(12)15/h2-4,6-7,9-10H,5,8H2,1H3,(H2,15,17). The first-order chi connectivity index (χ1) is 9.74. The van der Waals surface area contributed by atoms with Crippen molar-refractivity contribution in [3.8, 4) is 11.3 Å². The van der Waals surface area contributed by atoms with E-state index in [4.69, 9.17) is 5.73 Å². The summed E-state index contributed by atoms with van der Waals surface area (Å²) in [4.78, 5) is 8.33. The van der Waals surface area contributed by atoms with Gasteiger partial charge in [0.1, 0.15) is 5.82 Å². The van der Waals surface area contributed by atoms with Crippen molar-refractivity contribution in [1.29, 1.82) is 0 Å². The molecule has 0 bridgehead atoms. The number of aryl methyl sites for hydroxylation is 3. The van der Waals surface area contributed by atoms with E-state index in [0.29, 0.717) is 5.82 Å². The van der Waals surface area contributed by atoms with E-state index in [1.54, 1.807) is 6.20 Å². The van der Waals surface area contributed by atoms with Crippen LogP contribution in [-0.4, -0.2) is 24.3 Å². The van der Waals surface area contributed by atoms with Crippen LogP contribution in [0.4, 0.5) is 5.82 Å². The van der Waals surface area contributed by atoms with Gasteiger partial charge in [-0.1, -0.05) is 0 Å². The molecule has 20 heavy (non-hydrogen) atoms. The Balaban J connectivity index is 1.82. The zero-order valence-corrected chi connectivity index (χ0v) is 11.3. The number of hydrogen-bond donors (Lipinski definition) is 1. The Bertz CT molecular complexity index is 712. The van der Waals surface area contributed by atoms with E-state index in [0.717, 1.165) is 29.9 Å². The largest absolute Gasteiger partial charge is 0.383 e. The lowest BCUT2D eigenvalue weighted by atomic mass is 10.2. The van der Waals surface area contributed by atoms with Crippen LogP contribution >= 0.6 is 0 Å². The Morgan fingerprint density at radius 3 is 2.95 bits per heavy atom. The van der Waals surface area contributed by atoms with Crippen molar-refractivity contribution in [3.63, 3.8) is 0 Å². The third kappa shape index (κ3) is 2.40. The fraction of sp³-hybridized carbons (Fsp3) is 0.214. The monoisotopic (exact) mass is 268 g/mol. The molecule has 2 N–H and O–H groups in total. The van der Waals surface area contributed by atoms with Gasteiger partial charge in [0, 0.05) is 38.0 Å².